The minimum atomic E-state index is -0.874. The van der Waals surface area contributed by atoms with Crippen LogP contribution in [0.2, 0.25) is 0 Å². The van der Waals surface area contributed by atoms with E-state index in [0.29, 0.717) is 5.69 Å². The molecular weight excluding hydrogens is 190 g/mol. The number of nitrogens with one attached hydrogen (secondary N) is 1. The maximum atomic E-state index is 11.7. The Kier molecular flexibility index (Phi) is 3.05. The van der Waals surface area contributed by atoms with Gasteiger partial charge in [0, 0.05) is 6.20 Å². The monoisotopic (exact) mass is 203 g/mol. The summed E-state index contributed by atoms with van der Waals surface area (Å²) < 4.78 is 0. The lowest BCUT2D eigenvalue weighted by atomic mass is 10.1. The van der Waals surface area contributed by atoms with Crippen LogP contribution in [-0.4, -0.2) is 16.4 Å². The highest BCUT2D eigenvalue weighted by atomic mass is 16.2. The number of aromatic nitrogens is 1. The molecule has 0 aliphatic rings. The lowest BCUT2D eigenvalue weighted by molar-refractivity contribution is 0.0923. The normalized spacial score (nSPS) is 10.5. The molecule has 4 heteroatoms. The molecule has 0 spiro atoms. The number of rotatable bonds is 2. The third-order valence-corrected chi connectivity index (χ3v) is 1.93. The summed E-state index contributed by atoms with van der Waals surface area (Å²) in [5.74, 6) is -0.320. The number of nitrogens with zero attached hydrogens (tertiary/aromatic N) is 2. The summed E-state index contributed by atoms with van der Waals surface area (Å²) in [6.07, 6.45) is 1.56. The minimum absolute atomic E-state index is 0.320. The van der Waals surface area contributed by atoms with Crippen LogP contribution < -0.4 is 5.32 Å². The zero-order valence-corrected chi connectivity index (χ0v) is 9.03. The molecule has 1 N–H and O–H groups in total. The third-order valence-electron chi connectivity index (χ3n) is 1.93. The molecule has 0 saturated heterocycles. The number of nitriles is 1. The van der Waals surface area contributed by atoms with Crippen molar-refractivity contribution < 1.29 is 4.79 Å². The quantitative estimate of drug-likeness (QED) is 0.790. The Bertz CT molecular complexity index is 418. The van der Waals surface area contributed by atoms with E-state index in [2.05, 4.69) is 10.3 Å². The number of amides is 1. The van der Waals surface area contributed by atoms with Crippen LogP contribution in [0.15, 0.2) is 18.3 Å². The Labute approximate surface area is 88.9 Å². The molecule has 0 fully saturated rings. The summed E-state index contributed by atoms with van der Waals surface area (Å²) in [7, 11) is 0. The van der Waals surface area contributed by atoms with Gasteiger partial charge < -0.3 is 5.32 Å². The second-order valence-electron chi connectivity index (χ2n) is 3.86. The molecule has 4 nitrogen and oxygen atoms in total. The Hall–Kier alpha value is -1.89. The van der Waals surface area contributed by atoms with Gasteiger partial charge in [-0.3, -0.25) is 9.78 Å². The fourth-order valence-electron chi connectivity index (χ4n) is 1.09. The predicted molar refractivity (Wildman–Crippen MR) is 56.1 cm³/mol. The molecule has 0 unspecified atom stereocenters. The number of hydrogen-bond acceptors (Lipinski definition) is 3. The Morgan fingerprint density at radius 3 is 2.80 bits per heavy atom. The smallest absolute Gasteiger partial charge is 0.271 e. The van der Waals surface area contributed by atoms with Crippen LogP contribution >= 0.6 is 0 Å². The molecule has 78 valence electrons. The first-order valence-corrected chi connectivity index (χ1v) is 4.61. The van der Waals surface area contributed by atoms with E-state index >= 15 is 0 Å². The van der Waals surface area contributed by atoms with E-state index in [1.165, 1.54) is 0 Å². The fourth-order valence-corrected chi connectivity index (χ4v) is 1.09. The van der Waals surface area contributed by atoms with E-state index in [9.17, 15) is 4.79 Å². The van der Waals surface area contributed by atoms with Crippen LogP contribution in [0.5, 0.6) is 0 Å². The Morgan fingerprint density at radius 1 is 1.60 bits per heavy atom. The average molecular weight is 203 g/mol. The van der Waals surface area contributed by atoms with Gasteiger partial charge in [-0.2, -0.15) is 5.26 Å². The van der Waals surface area contributed by atoms with Gasteiger partial charge >= 0.3 is 0 Å². The van der Waals surface area contributed by atoms with Crippen LogP contribution in [0.3, 0.4) is 0 Å². The Balaban J connectivity index is 2.89. The van der Waals surface area contributed by atoms with Gasteiger partial charge in [0.25, 0.3) is 5.91 Å². The van der Waals surface area contributed by atoms with Gasteiger partial charge in [0.05, 0.1) is 6.07 Å². The molecule has 1 amide bonds. The summed E-state index contributed by atoms with van der Waals surface area (Å²) in [5, 5.41) is 11.4. The number of pyridine rings is 1. The van der Waals surface area contributed by atoms with E-state index in [4.69, 9.17) is 5.26 Å². The molecule has 1 heterocycles. The van der Waals surface area contributed by atoms with Gasteiger partial charge in [0.1, 0.15) is 11.2 Å². The fraction of sp³-hybridized carbons (Fsp3) is 0.364. The largest absolute Gasteiger partial charge is 0.333 e. The van der Waals surface area contributed by atoms with Crippen molar-refractivity contribution in [2.45, 2.75) is 26.3 Å². The molecule has 1 aromatic rings. The van der Waals surface area contributed by atoms with Crippen LogP contribution in [0.1, 0.15) is 29.9 Å². The standard InChI is InChI=1S/C11H13N3O/c1-8-5-4-6-13-9(8)10(15)14-11(2,3)7-12/h4-6H,1-3H3,(H,14,15). The van der Waals surface area contributed by atoms with Crippen LogP contribution in [0.25, 0.3) is 0 Å². The van der Waals surface area contributed by atoms with Gasteiger partial charge in [-0.25, -0.2) is 0 Å². The van der Waals surface area contributed by atoms with Crippen molar-refractivity contribution in [2.75, 3.05) is 0 Å². The SMILES string of the molecule is Cc1cccnc1C(=O)NC(C)(C)C#N. The van der Waals surface area contributed by atoms with Crippen molar-refractivity contribution in [3.63, 3.8) is 0 Å². The van der Waals surface area contributed by atoms with E-state index in [1.807, 2.05) is 6.07 Å². The first-order valence-electron chi connectivity index (χ1n) is 4.61. The van der Waals surface area contributed by atoms with Crippen molar-refractivity contribution in [3.8, 4) is 6.07 Å². The molecule has 0 bridgehead atoms. The first kappa shape index (κ1) is 11.2. The molecule has 0 aliphatic heterocycles. The molecule has 0 aromatic carbocycles. The zero-order valence-electron chi connectivity index (χ0n) is 9.03. The maximum absolute atomic E-state index is 11.7. The second-order valence-corrected chi connectivity index (χ2v) is 3.86. The van der Waals surface area contributed by atoms with Crippen molar-refractivity contribution in [2.24, 2.45) is 0 Å². The Morgan fingerprint density at radius 2 is 2.27 bits per heavy atom. The molecule has 1 rings (SSSR count). The lowest BCUT2D eigenvalue weighted by Gasteiger charge is -2.17. The highest BCUT2D eigenvalue weighted by Gasteiger charge is 2.21. The minimum Gasteiger partial charge on any atom is -0.333 e. The highest BCUT2D eigenvalue weighted by Crippen LogP contribution is 2.06. The van der Waals surface area contributed by atoms with Gasteiger partial charge in [0.2, 0.25) is 0 Å². The topological polar surface area (TPSA) is 65.8 Å². The van der Waals surface area contributed by atoms with Crippen LogP contribution in [0, 0.1) is 18.3 Å². The summed E-state index contributed by atoms with van der Waals surface area (Å²) in [4.78, 5) is 15.7. The molecule has 1 aromatic heterocycles. The summed E-state index contributed by atoms with van der Waals surface area (Å²) in [6, 6.07) is 5.57. The molecule has 0 saturated carbocycles. The molecule has 0 aliphatic carbocycles. The summed E-state index contributed by atoms with van der Waals surface area (Å²) in [5.41, 5.74) is 0.283. The van der Waals surface area contributed by atoms with E-state index < -0.39 is 5.54 Å². The molecule has 0 radical (unpaired) electrons. The van der Waals surface area contributed by atoms with Crippen molar-refractivity contribution in [3.05, 3.63) is 29.6 Å². The second kappa shape index (κ2) is 4.09. The third kappa shape index (κ3) is 2.78. The first-order chi connectivity index (χ1) is 6.96. The van der Waals surface area contributed by atoms with Crippen LogP contribution in [-0.2, 0) is 0 Å². The lowest BCUT2D eigenvalue weighted by Crippen LogP contribution is -2.42. The highest BCUT2D eigenvalue weighted by molar-refractivity contribution is 5.94. The van der Waals surface area contributed by atoms with E-state index in [1.54, 1.807) is 39.1 Å². The van der Waals surface area contributed by atoms with Gasteiger partial charge in [-0.15, -0.1) is 0 Å². The van der Waals surface area contributed by atoms with Gasteiger partial charge in [0.15, 0.2) is 0 Å². The zero-order chi connectivity index (χ0) is 11.5. The summed E-state index contributed by atoms with van der Waals surface area (Å²) >= 11 is 0. The number of carbonyl (C=O) groups is 1. The summed E-state index contributed by atoms with van der Waals surface area (Å²) in [6.45, 7) is 5.09. The molecule has 15 heavy (non-hydrogen) atoms. The van der Waals surface area contributed by atoms with Crippen molar-refractivity contribution in [1.29, 1.82) is 5.26 Å². The van der Waals surface area contributed by atoms with E-state index in [0.717, 1.165) is 5.56 Å². The number of hydrogen-bond donors (Lipinski definition) is 1. The van der Waals surface area contributed by atoms with Crippen LogP contribution in [0.4, 0.5) is 0 Å². The molecular formula is C11H13N3O. The van der Waals surface area contributed by atoms with E-state index in [-0.39, 0.29) is 5.91 Å². The van der Waals surface area contributed by atoms with Gasteiger partial charge in [-0.1, -0.05) is 6.07 Å². The number of carbonyl (C=O) groups excluding carboxylic acids is 1. The predicted octanol–water partition coefficient (Wildman–Crippen LogP) is 1.42. The number of aryl methyl sites for hydroxylation is 1. The molecule has 0 atom stereocenters. The maximum Gasteiger partial charge on any atom is 0.271 e. The van der Waals surface area contributed by atoms with Crippen molar-refractivity contribution in [1.82, 2.24) is 10.3 Å². The van der Waals surface area contributed by atoms with Crippen molar-refractivity contribution >= 4 is 5.91 Å². The average Bonchev–Trinajstić information content (AvgIpc) is 2.17. The van der Waals surface area contributed by atoms with Gasteiger partial charge in [-0.05, 0) is 32.4 Å².